The number of methoxy groups -OCH3 is 1. The number of amides is 2. The number of carbonyl (C=O) groups is 2. The van der Waals surface area contributed by atoms with E-state index in [0.717, 1.165) is 0 Å². The summed E-state index contributed by atoms with van der Waals surface area (Å²) in [5.74, 6) is 0.157. The maximum atomic E-state index is 12.0. The first kappa shape index (κ1) is 23.1. The smallest absolute Gasteiger partial charge is 0.437 e. The number of guanidine groups is 1. The van der Waals surface area contributed by atoms with E-state index in [0.29, 0.717) is 11.3 Å². The average molecular weight is 395 g/mol. The van der Waals surface area contributed by atoms with Crippen molar-refractivity contribution in [2.45, 2.75) is 59.3 Å². The van der Waals surface area contributed by atoms with Crippen molar-refractivity contribution in [2.24, 2.45) is 4.99 Å². The molecule has 0 aliphatic rings. The Hall–Kier alpha value is -2.97. The lowest BCUT2D eigenvalue weighted by Gasteiger charge is -2.21. The molecule has 0 heterocycles. The third-order valence-corrected chi connectivity index (χ3v) is 2.92. The van der Waals surface area contributed by atoms with Gasteiger partial charge in [0.25, 0.3) is 0 Å². The first-order valence-corrected chi connectivity index (χ1v) is 8.70. The van der Waals surface area contributed by atoms with Crippen molar-refractivity contribution in [2.75, 3.05) is 7.11 Å². The summed E-state index contributed by atoms with van der Waals surface area (Å²) in [4.78, 5) is 27.8. The molecule has 1 aromatic carbocycles. The van der Waals surface area contributed by atoms with Gasteiger partial charge in [-0.05, 0) is 59.2 Å². The maximum absolute atomic E-state index is 12.0. The number of ether oxygens (including phenoxy) is 3. The number of phenols is 1. The van der Waals surface area contributed by atoms with E-state index in [-0.39, 0.29) is 18.3 Å². The van der Waals surface area contributed by atoms with Crippen LogP contribution in [0.3, 0.4) is 0 Å². The van der Waals surface area contributed by atoms with Gasteiger partial charge in [0.15, 0.2) is 11.5 Å². The zero-order chi connectivity index (χ0) is 21.5. The highest BCUT2D eigenvalue weighted by Crippen LogP contribution is 2.26. The van der Waals surface area contributed by atoms with Crippen molar-refractivity contribution in [1.82, 2.24) is 10.6 Å². The monoisotopic (exact) mass is 395 g/mol. The topological polar surface area (TPSA) is 118 Å². The second-order valence-electron chi connectivity index (χ2n) is 7.93. The molecule has 0 saturated heterocycles. The number of rotatable bonds is 3. The predicted molar refractivity (Wildman–Crippen MR) is 105 cm³/mol. The number of alkyl carbamates (subject to hydrolysis) is 1. The molecule has 0 aliphatic heterocycles. The van der Waals surface area contributed by atoms with Crippen molar-refractivity contribution in [1.29, 1.82) is 0 Å². The van der Waals surface area contributed by atoms with Gasteiger partial charge in [0.2, 0.25) is 5.96 Å². The van der Waals surface area contributed by atoms with E-state index in [4.69, 9.17) is 14.2 Å². The fourth-order valence-electron chi connectivity index (χ4n) is 1.92. The molecule has 1 rings (SSSR count). The van der Waals surface area contributed by atoms with E-state index < -0.39 is 23.4 Å². The Balaban J connectivity index is 2.91. The highest BCUT2D eigenvalue weighted by Gasteiger charge is 2.20. The second-order valence-corrected chi connectivity index (χ2v) is 7.93. The molecule has 0 spiro atoms. The molecule has 0 saturated carbocycles. The highest BCUT2D eigenvalue weighted by atomic mass is 16.6. The third-order valence-electron chi connectivity index (χ3n) is 2.92. The molecule has 0 aromatic heterocycles. The fourth-order valence-corrected chi connectivity index (χ4v) is 1.92. The molecule has 9 nitrogen and oxygen atoms in total. The van der Waals surface area contributed by atoms with E-state index in [1.807, 2.05) is 0 Å². The van der Waals surface area contributed by atoms with E-state index in [1.165, 1.54) is 13.2 Å². The maximum Gasteiger partial charge on any atom is 0.437 e. The number of benzene rings is 1. The van der Waals surface area contributed by atoms with Crippen LogP contribution in [0.5, 0.6) is 11.5 Å². The molecule has 0 atom stereocenters. The number of carbonyl (C=O) groups excluding carboxylic acids is 2. The number of nitrogens with one attached hydrogen (secondary N) is 2. The number of aromatic hydroxyl groups is 1. The Morgan fingerprint density at radius 1 is 1.07 bits per heavy atom. The molecule has 9 heteroatoms. The molecule has 3 N–H and O–H groups in total. The van der Waals surface area contributed by atoms with Crippen LogP contribution in [0.2, 0.25) is 0 Å². The van der Waals surface area contributed by atoms with E-state index in [9.17, 15) is 14.7 Å². The van der Waals surface area contributed by atoms with Gasteiger partial charge in [0, 0.05) is 6.54 Å². The van der Waals surface area contributed by atoms with Gasteiger partial charge in [-0.2, -0.15) is 0 Å². The summed E-state index contributed by atoms with van der Waals surface area (Å²) >= 11 is 0. The van der Waals surface area contributed by atoms with Crippen LogP contribution >= 0.6 is 0 Å². The largest absolute Gasteiger partial charge is 0.504 e. The lowest BCUT2D eigenvalue weighted by Crippen LogP contribution is -2.44. The Bertz CT molecular complexity index is 732. The number of aliphatic imine (C=N–C) groups is 1. The van der Waals surface area contributed by atoms with Crippen LogP contribution in [0, 0.1) is 0 Å². The summed E-state index contributed by atoms with van der Waals surface area (Å²) in [6.45, 7) is 10.4. The van der Waals surface area contributed by atoms with Crippen molar-refractivity contribution < 1.29 is 28.9 Å². The standard InChI is InChI=1S/C19H29N3O6/c1-18(2,3)27-16(24)21-15(22-17(25)28-19(4,5)6)20-11-12-8-9-14(26-7)13(23)10-12/h8-10,23H,11H2,1-7H3,(H2,20,21,22,24,25). The van der Waals surface area contributed by atoms with Crippen molar-refractivity contribution in [3.63, 3.8) is 0 Å². The van der Waals surface area contributed by atoms with Crippen molar-refractivity contribution in [3.05, 3.63) is 23.8 Å². The molecule has 156 valence electrons. The number of hydrogen-bond donors (Lipinski definition) is 3. The van der Waals surface area contributed by atoms with Gasteiger partial charge in [-0.15, -0.1) is 4.99 Å². The van der Waals surface area contributed by atoms with Crippen LogP contribution in [0.25, 0.3) is 0 Å². The van der Waals surface area contributed by atoms with Crippen LogP contribution in [0.15, 0.2) is 23.2 Å². The quantitative estimate of drug-likeness (QED) is 0.531. The van der Waals surface area contributed by atoms with Gasteiger partial charge in [-0.3, -0.25) is 5.32 Å². The molecule has 1 aromatic rings. The van der Waals surface area contributed by atoms with Gasteiger partial charge in [0.1, 0.15) is 11.2 Å². The molecule has 0 radical (unpaired) electrons. The highest BCUT2D eigenvalue weighted by molar-refractivity contribution is 5.98. The van der Waals surface area contributed by atoms with Crippen molar-refractivity contribution in [3.8, 4) is 11.5 Å². The Kier molecular flexibility index (Phi) is 7.66. The fraction of sp³-hybridized carbons (Fsp3) is 0.526. The van der Waals surface area contributed by atoms with Gasteiger partial charge < -0.3 is 24.6 Å². The summed E-state index contributed by atoms with van der Waals surface area (Å²) in [5.41, 5.74) is -0.788. The molecular weight excluding hydrogens is 366 g/mol. The number of phenolic OH excluding ortho intramolecular Hbond substituents is 1. The lowest BCUT2D eigenvalue weighted by atomic mass is 10.2. The zero-order valence-corrected chi connectivity index (χ0v) is 17.4. The SMILES string of the molecule is COc1ccc(CN/C(=N/C(=O)OC(C)(C)C)NC(=O)OC(C)(C)C)cc1O. The van der Waals surface area contributed by atoms with E-state index in [1.54, 1.807) is 53.7 Å². The molecule has 0 fully saturated rings. The molecule has 0 aliphatic carbocycles. The Morgan fingerprint density at radius 3 is 2.18 bits per heavy atom. The second kappa shape index (κ2) is 9.29. The van der Waals surface area contributed by atoms with Gasteiger partial charge in [-0.1, -0.05) is 6.07 Å². The number of hydrogen-bond acceptors (Lipinski definition) is 6. The van der Waals surface area contributed by atoms with E-state index >= 15 is 0 Å². The van der Waals surface area contributed by atoms with Crippen LogP contribution in [0.1, 0.15) is 47.1 Å². The van der Waals surface area contributed by atoms with Crippen LogP contribution < -0.4 is 15.4 Å². The minimum atomic E-state index is -0.872. The molecule has 0 bridgehead atoms. The van der Waals surface area contributed by atoms with Crippen molar-refractivity contribution >= 4 is 18.1 Å². The molecule has 28 heavy (non-hydrogen) atoms. The summed E-state index contributed by atoms with van der Waals surface area (Å²) < 4.78 is 15.3. The first-order chi connectivity index (χ1) is 12.8. The van der Waals surface area contributed by atoms with Gasteiger partial charge in [0.05, 0.1) is 7.11 Å². The third kappa shape index (κ3) is 9.11. The Morgan fingerprint density at radius 2 is 1.68 bits per heavy atom. The average Bonchev–Trinajstić information content (AvgIpc) is 2.49. The van der Waals surface area contributed by atoms with Crippen LogP contribution in [-0.4, -0.2) is 41.6 Å². The van der Waals surface area contributed by atoms with Crippen LogP contribution in [-0.2, 0) is 16.0 Å². The molecular formula is C19H29N3O6. The normalized spacial score (nSPS) is 12.2. The van der Waals surface area contributed by atoms with Gasteiger partial charge in [-0.25, -0.2) is 9.59 Å². The minimum Gasteiger partial charge on any atom is -0.504 e. The Labute approximate surface area is 165 Å². The molecule has 0 unspecified atom stereocenters. The zero-order valence-electron chi connectivity index (χ0n) is 17.4. The summed E-state index contributed by atoms with van der Waals surface area (Å²) in [6, 6.07) is 4.80. The van der Waals surface area contributed by atoms with Crippen LogP contribution in [0.4, 0.5) is 9.59 Å². The number of nitrogens with zero attached hydrogens (tertiary/aromatic N) is 1. The van der Waals surface area contributed by atoms with Gasteiger partial charge >= 0.3 is 12.2 Å². The first-order valence-electron chi connectivity index (χ1n) is 8.70. The summed E-state index contributed by atoms with van der Waals surface area (Å²) in [5, 5.41) is 15.1. The predicted octanol–water partition coefficient (Wildman–Crippen LogP) is 3.31. The summed E-state index contributed by atoms with van der Waals surface area (Å²) in [7, 11) is 1.45. The molecule has 2 amide bonds. The van der Waals surface area contributed by atoms with E-state index in [2.05, 4.69) is 15.6 Å². The minimum absolute atomic E-state index is 0.0347. The lowest BCUT2D eigenvalue weighted by molar-refractivity contribution is 0.0560. The summed E-state index contributed by atoms with van der Waals surface area (Å²) in [6.07, 6.45) is -1.65.